The van der Waals surface area contributed by atoms with Crippen LogP contribution in [0, 0.1) is 0 Å². The summed E-state index contributed by atoms with van der Waals surface area (Å²) in [6.45, 7) is 0. The van der Waals surface area contributed by atoms with Crippen LogP contribution in [0.25, 0.3) is 11.1 Å². The van der Waals surface area contributed by atoms with Crippen LogP contribution in [-0.2, 0) is 7.05 Å². The third-order valence-electron chi connectivity index (χ3n) is 3.24. The average Bonchev–Trinajstić information content (AvgIpc) is 2.97. The summed E-state index contributed by atoms with van der Waals surface area (Å²) in [5, 5.41) is 7.36. The molecule has 0 bridgehead atoms. The molecule has 0 spiro atoms. The minimum Gasteiger partial charge on any atom is -0.322 e. The second-order valence-electron chi connectivity index (χ2n) is 4.92. The van der Waals surface area contributed by atoms with Crippen LogP contribution in [-0.4, -0.2) is 20.7 Å². The summed E-state index contributed by atoms with van der Waals surface area (Å²) >= 11 is 11.9. The van der Waals surface area contributed by atoms with E-state index in [2.05, 4.69) is 15.4 Å². The lowest BCUT2D eigenvalue weighted by atomic mass is 10.1. The van der Waals surface area contributed by atoms with E-state index in [0.29, 0.717) is 5.69 Å². The number of amides is 1. The lowest BCUT2D eigenvalue weighted by Gasteiger charge is -2.08. The molecule has 0 radical (unpaired) electrons. The Bertz CT molecular complexity index is 876. The van der Waals surface area contributed by atoms with E-state index in [-0.39, 0.29) is 21.5 Å². The van der Waals surface area contributed by atoms with Crippen molar-refractivity contribution in [1.82, 2.24) is 14.8 Å². The van der Waals surface area contributed by atoms with Gasteiger partial charge in [0.05, 0.1) is 21.8 Å². The molecular weight excluding hydrogens is 335 g/mol. The molecule has 2 heterocycles. The number of nitrogens with zero attached hydrogens (tertiary/aromatic N) is 3. The van der Waals surface area contributed by atoms with Crippen LogP contribution in [0.1, 0.15) is 10.4 Å². The number of aryl methyl sites for hydroxylation is 1. The molecule has 0 saturated heterocycles. The van der Waals surface area contributed by atoms with Gasteiger partial charge in [0, 0.05) is 36.9 Å². The number of anilines is 1. The predicted molar refractivity (Wildman–Crippen MR) is 90.9 cm³/mol. The molecule has 1 N–H and O–H groups in total. The van der Waals surface area contributed by atoms with Gasteiger partial charge in [-0.15, -0.1) is 0 Å². The average molecular weight is 347 g/mol. The van der Waals surface area contributed by atoms with Crippen molar-refractivity contribution in [2.24, 2.45) is 7.05 Å². The Morgan fingerprint density at radius 1 is 1.17 bits per heavy atom. The van der Waals surface area contributed by atoms with Crippen molar-refractivity contribution in [3.8, 4) is 11.1 Å². The normalized spacial score (nSPS) is 10.6. The first-order valence-corrected chi connectivity index (χ1v) is 7.49. The van der Waals surface area contributed by atoms with Gasteiger partial charge in [-0.2, -0.15) is 5.10 Å². The zero-order chi connectivity index (χ0) is 16.4. The van der Waals surface area contributed by atoms with Crippen LogP contribution in [0.4, 0.5) is 5.69 Å². The van der Waals surface area contributed by atoms with E-state index < -0.39 is 0 Å². The first-order valence-electron chi connectivity index (χ1n) is 6.74. The molecule has 1 aromatic carbocycles. The quantitative estimate of drug-likeness (QED) is 0.778. The number of rotatable bonds is 3. The van der Waals surface area contributed by atoms with Gasteiger partial charge in [-0.1, -0.05) is 35.3 Å². The minimum atomic E-state index is -0.367. The molecule has 23 heavy (non-hydrogen) atoms. The van der Waals surface area contributed by atoms with Crippen molar-refractivity contribution >= 4 is 34.8 Å². The Morgan fingerprint density at radius 2 is 2.00 bits per heavy atom. The minimum absolute atomic E-state index is 0.183. The third kappa shape index (κ3) is 3.36. The number of carbonyl (C=O) groups excluding carboxylic acids is 1. The number of pyridine rings is 1. The van der Waals surface area contributed by atoms with Gasteiger partial charge in [0.2, 0.25) is 0 Å². The molecule has 0 aliphatic rings. The van der Waals surface area contributed by atoms with Crippen molar-refractivity contribution in [1.29, 1.82) is 0 Å². The number of halogens is 2. The molecule has 0 atom stereocenters. The van der Waals surface area contributed by atoms with Gasteiger partial charge in [0.1, 0.15) is 0 Å². The molecule has 5 nitrogen and oxygen atoms in total. The maximum atomic E-state index is 12.3. The number of nitrogens with one attached hydrogen (secondary N) is 1. The topological polar surface area (TPSA) is 59.8 Å². The van der Waals surface area contributed by atoms with E-state index in [1.54, 1.807) is 16.9 Å². The Labute approximate surface area is 142 Å². The molecule has 2 aromatic heterocycles. The van der Waals surface area contributed by atoms with Crippen molar-refractivity contribution in [2.45, 2.75) is 0 Å². The fourth-order valence-corrected chi connectivity index (χ4v) is 2.46. The van der Waals surface area contributed by atoms with Crippen LogP contribution < -0.4 is 5.32 Å². The summed E-state index contributed by atoms with van der Waals surface area (Å²) in [4.78, 5) is 16.2. The van der Waals surface area contributed by atoms with Crippen molar-refractivity contribution in [3.63, 3.8) is 0 Å². The highest BCUT2D eigenvalue weighted by molar-refractivity contribution is 6.44. The molecule has 0 saturated carbocycles. The van der Waals surface area contributed by atoms with Gasteiger partial charge in [0.25, 0.3) is 5.91 Å². The predicted octanol–water partition coefficient (Wildman–Crippen LogP) is 4.04. The Hall–Kier alpha value is -2.37. The molecular formula is C16H12Cl2N4O. The van der Waals surface area contributed by atoms with Gasteiger partial charge in [0.15, 0.2) is 0 Å². The second kappa shape index (κ2) is 6.40. The number of carbonyl (C=O) groups is 1. The van der Waals surface area contributed by atoms with E-state index in [1.165, 1.54) is 12.4 Å². The first-order chi connectivity index (χ1) is 11.0. The van der Waals surface area contributed by atoms with E-state index in [1.807, 2.05) is 31.4 Å². The number of hydrogen-bond acceptors (Lipinski definition) is 3. The lowest BCUT2D eigenvalue weighted by Crippen LogP contribution is -2.13. The molecule has 3 rings (SSSR count). The molecule has 0 aliphatic heterocycles. The summed E-state index contributed by atoms with van der Waals surface area (Å²) < 4.78 is 1.72. The monoisotopic (exact) mass is 346 g/mol. The van der Waals surface area contributed by atoms with E-state index in [9.17, 15) is 4.79 Å². The summed E-state index contributed by atoms with van der Waals surface area (Å²) in [6, 6.07) is 7.46. The molecule has 0 aliphatic carbocycles. The van der Waals surface area contributed by atoms with Gasteiger partial charge in [-0.25, -0.2) is 0 Å². The zero-order valence-corrected chi connectivity index (χ0v) is 13.6. The van der Waals surface area contributed by atoms with E-state index in [4.69, 9.17) is 23.2 Å². The Balaban J connectivity index is 1.86. The van der Waals surface area contributed by atoms with Crippen LogP contribution in [0.2, 0.25) is 10.0 Å². The Kier molecular flexibility index (Phi) is 4.32. The summed E-state index contributed by atoms with van der Waals surface area (Å²) in [5.41, 5.74) is 2.79. The maximum Gasteiger partial charge on any atom is 0.258 e. The van der Waals surface area contributed by atoms with Gasteiger partial charge in [-0.3, -0.25) is 14.5 Å². The van der Waals surface area contributed by atoms with Gasteiger partial charge >= 0.3 is 0 Å². The molecule has 1 amide bonds. The van der Waals surface area contributed by atoms with Crippen LogP contribution in [0.3, 0.4) is 0 Å². The molecule has 116 valence electrons. The standard InChI is InChI=1S/C16H12Cl2N4O/c1-22-9-11(6-20-22)10-3-2-4-12(5-10)21-16(23)13-7-19-8-14(17)15(13)18/h2-9H,1H3,(H,21,23). The zero-order valence-electron chi connectivity index (χ0n) is 12.1. The van der Waals surface area contributed by atoms with Gasteiger partial charge < -0.3 is 5.32 Å². The van der Waals surface area contributed by atoms with Crippen LogP contribution in [0.15, 0.2) is 49.1 Å². The summed E-state index contributed by atoms with van der Waals surface area (Å²) in [6.07, 6.45) is 6.44. The lowest BCUT2D eigenvalue weighted by molar-refractivity contribution is 0.102. The second-order valence-corrected chi connectivity index (χ2v) is 5.71. The Morgan fingerprint density at radius 3 is 2.74 bits per heavy atom. The number of hydrogen-bond donors (Lipinski definition) is 1. The van der Waals surface area contributed by atoms with Crippen molar-refractivity contribution in [2.75, 3.05) is 5.32 Å². The van der Waals surface area contributed by atoms with E-state index >= 15 is 0 Å². The largest absolute Gasteiger partial charge is 0.322 e. The van der Waals surface area contributed by atoms with Crippen LogP contribution >= 0.6 is 23.2 Å². The highest BCUT2D eigenvalue weighted by atomic mass is 35.5. The third-order valence-corrected chi connectivity index (χ3v) is 4.03. The fourth-order valence-electron chi connectivity index (χ4n) is 2.12. The summed E-state index contributed by atoms with van der Waals surface area (Å²) in [5.74, 6) is -0.367. The molecule has 0 fully saturated rings. The van der Waals surface area contributed by atoms with Gasteiger partial charge in [-0.05, 0) is 17.7 Å². The highest BCUT2D eigenvalue weighted by Gasteiger charge is 2.14. The molecule has 0 unspecified atom stereocenters. The highest BCUT2D eigenvalue weighted by Crippen LogP contribution is 2.26. The maximum absolute atomic E-state index is 12.3. The molecule has 3 aromatic rings. The summed E-state index contributed by atoms with van der Waals surface area (Å²) in [7, 11) is 1.85. The fraction of sp³-hybridized carbons (Fsp3) is 0.0625. The number of aromatic nitrogens is 3. The SMILES string of the molecule is Cn1cc(-c2cccc(NC(=O)c3cncc(Cl)c3Cl)c2)cn1. The first kappa shape index (κ1) is 15.5. The van der Waals surface area contributed by atoms with E-state index in [0.717, 1.165) is 11.1 Å². The number of benzene rings is 1. The molecule has 7 heteroatoms. The van der Waals surface area contributed by atoms with Crippen molar-refractivity contribution < 1.29 is 4.79 Å². The van der Waals surface area contributed by atoms with Crippen molar-refractivity contribution in [3.05, 3.63) is 64.7 Å². The van der Waals surface area contributed by atoms with Crippen LogP contribution in [0.5, 0.6) is 0 Å². The smallest absolute Gasteiger partial charge is 0.258 e.